The molecule has 4 rings (SSSR count). The molecule has 0 amide bonds. The Hall–Kier alpha value is -2.62. The molecule has 1 aliphatic rings. The van der Waals surface area contributed by atoms with Gasteiger partial charge in [0, 0.05) is 38.6 Å². The minimum atomic E-state index is -0.576. The maximum Gasteiger partial charge on any atom is 0.124 e. The molecule has 1 aliphatic carbocycles. The minimum Gasteiger partial charge on any atom is -0.496 e. The van der Waals surface area contributed by atoms with Gasteiger partial charge < -0.3 is 19.7 Å². The summed E-state index contributed by atoms with van der Waals surface area (Å²) in [6, 6.07) is 14.2. The molecular weight excluding hydrogens is 501 g/mol. The average molecular weight is 548 g/mol. The lowest BCUT2D eigenvalue weighted by atomic mass is 9.99. The molecule has 3 atom stereocenters. The van der Waals surface area contributed by atoms with Crippen molar-refractivity contribution in [2.45, 2.75) is 72.1 Å². The van der Waals surface area contributed by atoms with Crippen LogP contribution in [0.3, 0.4) is 0 Å². The lowest BCUT2D eigenvalue weighted by Gasteiger charge is -2.35. The average Bonchev–Trinajstić information content (AvgIpc) is 3.37. The van der Waals surface area contributed by atoms with E-state index < -0.39 is 7.92 Å². The van der Waals surface area contributed by atoms with Gasteiger partial charge in [0.2, 0.25) is 0 Å². The molecule has 2 unspecified atom stereocenters. The first-order valence-corrected chi connectivity index (χ1v) is 15.5. The van der Waals surface area contributed by atoms with Gasteiger partial charge in [0.25, 0.3) is 0 Å². The number of anilines is 1. The zero-order chi connectivity index (χ0) is 28.3. The molecular formula is C33H46N3O2P. The summed E-state index contributed by atoms with van der Waals surface area (Å²) in [4.78, 5) is 6.76. The van der Waals surface area contributed by atoms with Crippen LogP contribution in [0.4, 0.5) is 5.69 Å². The molecule has 1 heterocycles. The summed E-state index contributed by atoms with van der Waals surface area (Å²) < 4.78 is 11.5. The number of hydrogen-bond donors (Lipinski definition) is 1. The second kappa shape index (κ2) is 12.7. The lowest BCUT2D eigenvalue weighted by Crippen LogP contribution is -2.38. The van der Waals surface area contributed by atoms with Crippen LogP contribution < -0.4 is 30.3 Å². The van der Waals surface area contributed by atoms with E-state index in [2.05, 4.69) is 100 Å². The molecule has 1 N–H and O–H groups in total. The van der Waals surface area contributed by atoms with Gasteiger partial charge in [0.15, 0.2) is 0 Å². The normalized spacial score (nSPS) is 17.9. The number of hydrogen-bond acceptors (Lipinski definition) is 5. The second-order valence-corrected chi connectivity index (χ2v) is 13.8. The van der Waals surface area contributed by atoms with Crippen molar-refractivity contribution in [1.82, 2.24) is 10.3 Å². The van der Waals surface area contributed by atoms with E-state index in [4.69, 9.17) is 9.47 Å². The predicted octanol–water partition coefficient (Wildman–Crippen LogP) is 6.18. The Morgan fingerprint density at radius 2 is 1.44 bits per heavy atom. The molecule has 2 aromatic carbocycles. The number of pyridine rings is 1. The monoisotopic (exact) mass is 547 g/mol. The fourth-order valence-corrected chi connectivity index (χ4v) is 10.1. The van der Waals surface area contributed by atoms with Gasteiger partial charge in [-0.05, 0) is 136 Å². The Labute approximate surface area is 237 Å². The van der Waals surface area contributed by atoms with Crippen LogP contribution in [-0.2, 0) is 6.54 Å². The van der Waals surface area contributed by atoms with Crippen molar-refractivity contribution >= 4 is 24.2 Å². The fraction of sp³-hybridized carbons (Fsp3) is 0.485. The Balaban J connectivity index is 1.68. The van der Waals surface area contributed by atoms with Crippen molar-refractivity contribution in [3.8, 4) is 11.5 Å². The van der Waals surface area contributed by atoms with Crippen LogP contribution >= 0.6 is 7.92 Å². The smallest absolute Gasteiger partial charge is 0.124 e. The Morgan fingerprint density at radius 1 is 0.897 bits per heavy atom. The highest BCUT2D eigenvalue weighted by atomic mass is 31.1. The molecule has 0 saturated heterocycles. The third kappa shape index (κ3) is 6.42. The highest BCUT2D eigenvalue weighted by Gasteiger charge is 2.38. The largest absolute Gasteiger partial charge is 0.496 e. The van der Waals surface area contributed by atoms with Gasteiger partial charge in [0.1, 0.15) is 11.5 Å². The topological polar surface area (TPSA) is 46.6 Å². The first-order chi connectivity index (χ1) is 18.6. The van der Waals surface area contributed by atoms with Crippen molar-refractivity contribution in [3.63, 3.8) is 0 Å². The summed E-state index contributed by atoms with van der Waals surface area (Å²) in [7, 11) is 7.13. The summed E-state index contributed by atoms with van der Waals surface area (Å²) >= 11 is 0. The van der Waals surface area contributed by atoms with Crippen LogP contribution in [0.2, 0.25) is 0 Å². The number of aromatic nitrogens is 1. The zero-order valence-electron chi connectivity index (χ0n) is 25.3. The molecule has 39 heavy (non-hydrogen) atoms. The third-order valence-corrected chi connectivity index (χ3v) is 11.2. The minimum absolute atomic E-state index is 0.396. The Bertz CT molecular complexity index is 1190. The van der Waals surface area contributed by atoms with Gasteiger partial charge in [-0.15, -0.1) is 0 Å². The van der Waals surface area contributed by atoms with Crippen LogP contribution in [0.5, 0.6) is 11.5 Å². The number of nitrogens with zero attached hydrogens (tertiary/aromatic N) is 2. The van der Waals surface area contributed by atoms with E-state index in [0.717, 1.165) is 23.7 Å². The second-order valence-electron chi connectivity index (χ2n) is 11.3. The van der Waals surface area contributed by atoms with Crippen molar-refractivity contribution < 1.29 is 9.47 Å². The zero-order valence-corrected chi connectivity index (χ0v) is 26.2. The quantitative estimate of drug-likeness (QED) is 0.307. The van der Waals surface area contributed by atoms with Crippen LogP contribution in [0.25, 0.3) is 0 Å². The molecule has 6 heteroatoms. The van der Waals surface area contributed by atoms with Crippen LogP contribution in [0, 0.1) is 33.6 Å². The molecule has 0 bridgehead atoms. The summed E-state index contributed by atoms with van der Waals surface area (Å²) in [5.41, 5.74) is 7.75. The number of ether oxygens (including phenoxy) is 2. The highest BCUT2D eigenvalue weighted by Crippen LogP contribution is 2.52. The van der Waals surface area contributed by atoms with E-state index in [0.29, 0.717) is 17.6 Å². The van der Waals surface area contributed by atoms with Gasteiger partial charge in [0.05, 0.1) is 19.9 Å². The SMILES string of the molecule is COc1c(C)cc(P(c2cc(C)c(OC)c(C)c2)C2CCCC2[C@@H](C)NCc2cc(N(C)C)ccn2)cc1C. The number of methoxy groups -OCH3 is 2. The standard InChI is InChI=1S/C33H46N3O2P/c1-21-15-28(16-22(2)32(21)37-8)39(29-17-23(3)33(38-9)24(4)18-29)31-12-10-11-30(31)25(5)35-20-26-19-27(36(6)7)13-14-34-26/h13-19,25,30-31,35H,10-12,20H2,1-9H3/t25-,30?,31?/m1/s1. The van der Waals surface area contributed by atoms with Crippen molar-refractivity contribution in [2.24, 2.45) is 5.92 Å². The molecule has 0 spiro atoms. The van der Waals surface area contributed by atoms with Gasteiger partial charge in [-0.3, -0.25) is 4.98 Å². The van der Waals surface area contributed by atoms with E-state index in [1.54, 1.807) is 14.2 Å². The van der Waals surface area contributed by atoms with E-state index in [-0.39, 0.29) is 0 Å². The lowest BCUT2D eigenvalue weighted by molar-refractivity contribution is 0.383. The number of rotatable bonds is 10. The number of nitrogens with one attached hydrogen (secondary N) is 1. The van der Waals surface area contributed by atoms with E-state index in [1.807, 2.05) is 6.20 Å². The Morgan fingerprint density at radius 3 is 1.92 bits per heavy atom. The first kappa shape index (κ1) is 29.4. The van der Waals surface area contributed by atoms with Crippen LogP contribution in [-0.4, -0.2) is 45.0 Å². The van der Waals surface area contributed by atoms with Crippen molar-refractivity contribution in [2.75, 3.05) is 33.2 Å². The molecule has 1 fully saturated rings. The number of benzene rings is 2. The molecule has 1 saturated carbocycles. The van der Waals surface area contributed by atoms with Gasteiger partial charge in [-0.1, -0.05) is 6.42 Å². The van der Waals surface area contributed by atoms with E-state index in [9.17, 15) is 0 Å². The summed E-state index contributed by atoms with van der Waals surface area (Å²) in [6.45, 7) is 11.9. The maximum atomic E-state index is 5.74. The molecule has 1 aromatic heterocycles. The van der Waals surface area contributed by atoms with E-state index >= 15 is 0 Å². The maximum absolute atomic E-state index is 5.74. The predicted molar refractivity (Wildman–Crippen MR) is 167 cm³/mol. The summed E-state index contributed by atoms with van der Waals surface area (Å²) in [5.74, 6) is 2.60. The van der Waals surface area contributed by atoms with Crippen molar-refractivity contribution in [1.29, 1.82) is 0 Å². The van der Waals surface area contributed by atoms with Crippen LogP contribution in [0.1, 0.15) is 54.1 Å². The van der Waals surface area contributed by atoms with Gasteiger partial charge in [-0.2, -0.15) is 0 Å². The first-order valence-electron chi connectivity index (χ1n) is 14.1. The highest BCUT2D eigenvalue weighted by molar-refractivity contribution is 7.73. The van der Waals surface area contributed by atoms with Gasteiger partial charge >= 0.3 is 0 Å². The molecule has 5 nitrogen and oxygen atoms in total. The molecule has 3 aromatic rings. The fourth-order valence-electron chi connectivity index (χ4n) is 6.44. The number of aryl methyl sites for hydroxylation is 4. The Kier molecular flexibility index (Phi) is 9.56. The molecule has 0 radical (unpaired) electrons. The van der Waals surface area contributed by atoms with Crippen molar-refractivity contribution in [3.05, 3.63) is 70.5 Å². The third-order valence-electron chi connectivity index (χ3n) is 8.28. The van der Waals surface area contributed by atoms with Gasteiger partial charge in [-0.25, -0.2) is 0 Å². The van der Waals surface area contributed by atoms with Crippen LogP contribution in [0.15, 0.2) is 42.6 Å². The summed E-state index contributed by atoms with van der Waals surface area (Å²) in [5, 5.41) is 6.77. The summed E-state index contributed by atoms with van der Waals surface area (Å²) in [6.07, 6.45) is 5.70. The molecule has 0 aliphatic heterocycles. The van der Waals surface area contributed by atoms with E-state index in [1.165, 1.54) is 57.8 Å². The molecule has 210 valence electrons.